The molecule has 0 spiro atoms. The molecule has 5 nitrogen and oxygen atoms in total. The maximum Gasteiger partial charge on any atom is 0.244 e. The molecule has 1 fully saturated rings. The van der Waals surface area contributed by atoms with Crippen molar-refractivity contribution in [3.8, 4) is 0 Å². The molecule has 0 bridgehead atoms. The van der Waals surface area contributed by atoms with E-state index in [1.807, 2.05) is 0 Å². The van der Waals surface area contributed by atoms with Crippen molar-refractivity contribution < 1.29 is 13.2 Å². The van der Waals surface area contributed by atoms with E-state index in [2.05, 4.69) is 37.4 Å². The Bertz CT molecular complexity index is 873. The average molecular weight is 395 g/mol. The number of halogens is 1. The lowest BCUT2D eigenvalue weighted by Crippen LogP contribution is -2.40. The summed E-state index contributed by atoms with van der Waals surface area (Å²) in [5, 5.41) is 3.52. The first-order valence-electron chi connectivity index (χ1n) is 8.55. The van der Waals surface area contributed by atoms with E-state index >= 15 is 0 Å². The van der Waals surface area contributed by atoms with E-state index in [0.29, 0.717) is 32.8 Å². The minimum atomic E-state index is -3.63. The molecule has 0 saturated carbocycles. The second-order valence-corrected chi connectivity index (χ2v) is 8.82. The number of nitrogens with zero attached hydrogens (tertiary/aromatic N) is 1. The molecule has 2 aromatic rings. The summed E-state index contributed by atoms with van der Waals surface area (Å²) in [4.78, 5) is 0.131. The zero-order valence-electron chi connectivity index (χ0n) is 15.0. The fourth-order valence-electron chi connectivity index (χ4n) is 3.11. The summed E-state index contributed by atoms with van der Waals surface area (Å²) in [5.74, 6) is 0. The average Bonchev–Trinajstić information content (AvgIpc) is 2.61. The van der Waals surface area contributed by atoms with Gasteiger partial charge in [0, 0.05) is 25.3 Å². The summed E-state index contributed by atoms with van der Waals surface area (Å²) >= 11 is 6.19. The molecular weight excluding hydrogens is 372 g/mol. The number of morpholine rings is 1. The molecule has 0 radical (unpaired) electrons. The third-order valence-electron chi connectivity index (χ3n) is 4.30. The lowest BCUT2D eigenvalue weighted by atomic mass is 10.1. The molecule has 2 aromatic carbocycles. The highest BCUT2D eigenvalue weighted by Crippen LogP contribution is 2.28. The Labute approximate surface area is 160 Å². The van der Waals surface area contributed by atoms with Crippen molar-refractivity contribution in [2.75, 3.05) is 31.6 Å². The molecule has 0 aliphatic carbocycles. The minimum Gasteiger partial charge on any atom is -0.381 e. The minimum absolute atomic E-state index is 0.131. The van der Waals surface area contributed by atoms with Gasteiger partial charge >= 0.3 is 0 Å². The Morgan fingerprint density at radius 3 is 2.38 bits per heavy atom. The van der Waals surface area contributed by atoms with Crippen LogP contribution in [0.25, 0.3) is 0 Å². The van der Waals surface area contributed by atoms with Crippen LogP contribution in [0.4, 0.5) is 5.69 Å². The Balaban J connectivity index is 1.81. The molecule has 26 heavy (non-hydrogen) atoms. The van der Waals surface area contributed by atoms with Gasteiger partial charge in [0.15, 0.2) is 0 Å². The first-order valence-corrected chi connectivity index (χ1v) is 10.4. The normalized spacial score (nSPS) is 15.8. The van der Waals surface area contributed by atoms with E-state index in [0.717, 1.165) is 11.3 Å². The number of hydrogen-bond donors (Lipinski definition) is 1. The summed E-state index contributed by atoms with van der Waals surface area (Å²) in [6.07, 6.45) is 0. The van der Waals surface area contributed by atoms with Crippen LogP contribution in [0, 0.1) is 13.8 Å². The van der Waals surface area contributed by atoms with Gasteiger partial charge in [-0.3, -0.25) is 0 Å². The van der Waals surface area contributed by atoms with Gasteiger partial charge < -0.3 is 10.1 Å². The van der Waals surface area contributed by atoms with Crippen molar-refractivity contribution in [2.45, 2.75) is 25.3 Å². The number of benzene rings is 2. The van der Waals surface area contributed by atoms with Gasteiger partial charge in [0.05, 0.1) is 18.2 Å². The molecular formula is C19H23ClN2O3S. The van der Waals surface area contributed by atoms with Crippen molar-refractivity contribution in [3.63, 3.8) is 0 Å². The molecule has 1 heterocycles. The molecule has 1 aliphatic rings. The molecule has 1 saturated heterocycles. The van der Waals surface area contributed by atoms with Crippen LogP contribution in [-0.2, 0) is 21.3 Å². The maximum absolute atomic E-state index is 12.9. The lowest BCUT2D eigenvalue weighted by molar-refractivity contribution is 0.0730. The van der Waals surface area contributed by atoms with Gasteiger partial charge in [-0.05, 0) is 37.6 Å². The van der Waals surface area contributed by atoms with Crippen molar-refractivity contribution in [2.24, 2.45) is 0 Å². The van der Waals surface area contributed by atoms with Crippen LogP contribution < -0.4 is 5.32 Å². The zero-order valence-corrected chi connectivity index (χ0v) is 16.5. The zero-order chi connectivity index (χ0) is 18.7. The molecule has 140 valence electrons. The van der Waals surface area contributed by atoms with Crippen LogP contribution >= 0.6 is 11.6 Å². The monoisotopic (exact) mass is 394 g/mol. The Hall–Kier alpha value is -1.60. The van der Waals surface area contributed by atoms with E-state index in [1.165, 1.54) is 15.4 Å². The molecule has 1 aliphatic heterocycles. The topological polar surface area (TPSA) is 58.6 Å². The van der Waals surface area contributed by atoms with Crippen LogP contribution in [-0.4, -0.2) is 39.0 Å². The fraction of sp³-hybridized carbons (Fsp3) is 0.368. The summed E-state index contributed by atoms with van der Waals surface area (Å²) in [6, 6.07) is 11.4. The van der Waals surface area contributed by atoms with E-state index in [9.17, 15) is 8.42 Å². The van der Waals surface area contributed by atoms with E-state index < -0.39 is 10.0 Å². The predicted molar refractivity (Wildman–Crippen MR) is 104 cm³/mol. The molecule has 0 atom stereocenters. The standard InChI is InChI=1S/C19H23ClN2O3S/c1-14-9-15(2)11-16(10-14)13-21-17-3-4-18(20)19(12-17)26(23,24)22-5-7-25-8-6-22/h3-4,9-12,21H,5-8,13H2,1-2H3. The number of anilines is 1. The number of sulfonamides is 1. The summed E-state index contributed by atoms with van der Waals surface area (Å²) in [7, 11) is -3.63. The molecule has 3 rings (SSSR count). The number of aryl methyl sites for hydroxylation is 2. The number of rotatable bonds is 5. The molecule has 1 N–H and O–H groups in total. The number of nitrogens with one attached hydrogen (secondary N) is 1. The molecule has 0 aromatic heterocycles. The van der Waals surface area contributed by atoms with Crippen molar-refractivity contribution >= 4 is 27.3 Å². The fourth-order valence-corrected chi connectivity index (χ4v) is 5.02. The second kappa shape index (κ2) is 7.96. The SMILES string of the molecule is Cc1cc(C)cc(CNc2ccc(Cl)c(S(=O)(=O)N3CCOCC3)c2)c1. The quantitative estimate of drug-likeness (QED) is 0.841. The molecule has 7 heteroatoms. The van der Waals surface area contributed by atoms with Crippen molar-refractivity contribution in [1.29, 1.82) is 0 Å². The predicted octanol–water partition coefficient (Wildman–Crippen LogP) is 3.59. The van der Waals surface area contributed by atoms with Gasteiger partial charge in [-0.1, -0.05) is 40.9 Å². The molecule has 0 amide bonds. The largest absolute Gasteiger partial charge is 0.381 e. The van der Waals surface area contributed by atoms with Gasteiger partial charge in [0.1, 0.15) is 4.90 Å². The van der Waals surface area contributed by atoms with Crippen LogP contribution in [0.2, 0.25) is 5.02 Å². The van der Waals surface area contributed by atoms with E-state index in [-0.39, 0.29) is 9.92 Å². The Morgan fingerprint density at radius 2 is 1.73 bits per heavy atom. The molecule has 0 unspecified atom stereocenters. The smallest absolute Gasteiger partial charge is 0.244 e. The number of hydrogen-bond acceptors (Lipinski definition) is 4. The van der Waals surface area contributed by atoms with Gasteiger partial charge in [-0.2, -0.15) is 4.31 Å². The summed E-state index contributed by atoms with van der Waals surface area (Å²) < 4.78 is 32.4. The van der Waals surface area contributed by atoms with Gasteiger partial charge in [0.25, 0.3) is 0 Å². The van der Waals surface area contributed by atoms with E-state index in [4.69, 9.17) is 16.3 Å². The first-order chi connectivity index (χ1) is 12.4. The van der Waals surface area contributed by atoms with Gasteiger partial charge in [-0.25, -0.2) is 8.42 Å². The highest BCUT2D eigenvalue weighted by molar-refractivity contribution is 7.89. The summed E-state index contributed by atoms with van der Waals surface area (Å²) in [5.41, 5.74) is 4.28. The Kier molecular flexibility index (Phi) is 5.87. The highest BCUT2D eigenvalue weighted by atomic mass is 35.5. The summed E-state index contributed by atoms with van der Waals surface area (Å²) in [6.45, 7) is 6.24. The second-order valence-electron chi connectivity index (χ2n) is 6.51. The van der Waals surface area contributed by atoms with Gasteiger partial charge in [-0.15, -0.1) is 0 Å². The van der Waals surface area contributed by atoms with Crippen LogP contribution in [0.1, 0.15) is 16.7 Å². The third-order valence-corrected chi connectivity index (χ3v) is 6.68. The third kappa shape index (κ3) is 4.38. The van der Waals surface area contributed by atoms with Crippen molar-refractivity contribution in [3.05, 3.63) is 58.1 Å². The van der Waals surface area contributed by atoms with Crippen LogP contribution in [0.15, 0.2) is 41.3 Å². The first kappa shape index (κ1) is 19.2. The lowest BCUT2D eigenvalue weighted by Gasteiger charge is -2.26. The highest BCUT2D eigenvalue weighted by Gasteiger charge is 2.28. The van der Waals surface area contributed by atoms with Crippen LogP contribution in [0.3, 0.4) is 0 Å². The van der Waals surface area contributed by atoms with Crippen LogP contribution in [0.5, 0.6) is 0 Å². The maximum atomic E-state index is 12.9. The van der Waals surface area contributed by atoms with E-state index in [1.54, 1.807) is 18.2 Å². The number of ether oxygens (including phenoxy) is 1. The van der Waals surface area contributed by atoms with Gasteiger partial charge in [0.2, 0.25) is 10.0 Å². The Morgan fingerprint density at radius 1 is 1.08 bits per heavy atom. The van der Waals surface area contributed by atoms with Crippen molar-refractivity contribution in [1.82, 2.24) is 4.31 Å².